The minimum Gasteiger partial charge on any atom is -0.396 e. The lowest BCUT2D eigenvalue weighted by Crippen LogP contribution is -2.19. The molecule has 0 radical (unpaired) electrons. The Labute approximate surface area is 89.5 Å². The first-order valence-corrected chi connectivity index (χ1v) is 5.73. The number of hydrogen-bond acceptors (Lipinski definition) is 5. The maximum absolute atomic E-state index is 8.77. The summed E-state index contributed by atoms with van der Waals surface area (Å²) in [7, 11) is 0. The van der Waals surface area contributed by atoms with E-state index in [4.69, 9.17) is 5.11 Å². The molecule has 0 amide bonds. The van der Waals surface area contributed by atoms with Crippen LogP contribution in [-0.4, -0.2) is 28.0 Å². The molecule has 6 heteroatoms. The van der Waals surface area contributed by atoms with Crippen molar-refractivity contribution in [1.82, 2.24) is 10.2 Å². The third-order valence-corrected chi connectivity index (χ3v) is 2.99. The predicted octanol–water partition coefficient (Wildman–Crippen LogP) is 1.87. The molecule has 0 aliphatic carbocycles. The highest BCUT2D eigenvalue weighted by Gasteiger charge is 2.08. The first kappa shape index (κ1) is 10.9. The van der Waals surface area contributed by atoms with Crippen LogP contribution < -0.4 is 5.32 Å². The molecule has 1 unspecified atom stereocenters. The van der Waals surface area contributed by atoms with Crippen LogP contribution in [0.4, 0.5) is 5.13 Å². The Balaban J connectivity index is 2.46. The lowest BCUT2D eigenvalue weighted by atomic mass is 10.2. The van der Waals surface area contributed by atoms with Crippen LogP contribution in [0.3, 0.4) is 0 Å². The van der Waals surface area contributed by atoms with Gasteiger partial charge in [-0.2, -0.15) is 0 Å². The third-order valence-electron chi connectivity index (χ3n) is 1.70. The maximum atomic E-state index is 8.77. The molecule has 0 bridgehead atoms. The first-order valence-electron chi connectivity index (χ1n) is 4.12. The van der Waals surface area contributed by atoms with Crippen molar-refractivity contribution in [3.05, 3.63) is 3.92 Å². The Morgan fingerprint density at radius 2 is 2.38 bits per heavy atom. The molecule has 13 heavy (non-hydrogen) atoms. The average Bonchev–Trinajstić information content (AvgIpc) is 2.50. The molecule has 4 nitrogen and oxygen atoms in total. The molecule has 1 heterocycles. The highest BCUT2D eigenvalue weighted by molar-refractivity contribution is 9.11. The second kappa shape index (κ2) is 5.51. The van der Waals surface area contributed by atoms with E-state index in [0.29, 0.717) is 0 Å². The molecule has 0 aromatic carbocycles. The zero-order valence-corrected chi connectivity index (χ0v) is 9.73. The van der Waals surface area contributed by atoms with E-state index in [9.17, 15) is 0 Å². The molecule has 0 aliphatic heterocycles. The maximum Gasteiger partial charge on any atom is 0.206 e. The van der Waals surface area contributed by atoms with E-state index in [1.54, 1.807) is 0 Å². The van der Waals surface area contributed by atoms with Gasteiger partial charge >= 0.3 is 0 Å². The molecule has 1 aromatic rings. The van der Waals surface area contributed by atoms with E-state index in [1.807, 2.05) is 0 Å². The molecule has 1 aromatic heterocycles. The number of aliphatic hydroxyl groups is 1. The van der Waals surface area contributed by atoms with Gasteiger partial charge in [0.05, 0.1) is 0 Å². The van der Waals surface area contributed by atoms with Crippen molar-refractivity contribution >= 4 is 32.4 Å². The molecule has 74 valence electrons. The molecule has 0 aliphatic rings. The highest BCUT2D eigenvalue weighted by Crippen LogP contribution is 2.21. The van der Waals surface area contributed by atoms with Gasteiger partial charge in [0.1, 0.15) is 0 Å². The molecular formula is C7H12BrN3OS. The van der Waals surface area contributed by atoms with Crippen LogP contribution in [0.1, 0.15) is 19.8 Å². The van der Waals surface area contributed by atoms with Crippen molar-refractivity contribution in [1.29, 1.82) is 0 Å². The van der Waals surface area contributed by atoms with E-state index in [2.05, 4.69) is 38.4 Å². The zero-order valence-electron chi connectivity index (χ0n) is 7.33. The summed E-state index contributed by atoms with van der Waals surface area (Å²) in [5.74, 6) is 0. The number of aromatic nitrogens is 2. The summed E-state index contributed by atoms with van der Waals surface area (Å²) in [5, 5.41) is 20.5. The van der Waals surface area contributed by atoms with Gasteiger partial charge in [0, 0.05) is 12.6 Å². The van der Waals surface area contributed by atoms with Crippen LogP contribution in [0, 0.1) is 0 Å². The van der Waals surface area contributed by atoms with E-state index in [-0.39, 0.29) is 12.6 Å². The number of nitrogens with one attached hydrogen (secondary N) is 1. The lowest BCUT2D eigenvalue weighted by molar-refractivity contribution is 0.278. The fraction of sp³-hybridized carbons (Fsp3) is 0.714. The monoisotopic (exact) mass is 265 g/mol. The first-order chi connectivity index (χ1) is 6.26. The van der Waals surface area contributed by atoms with Crippen LogP contribution in [0.5, 0.6) is 0 Å². The van der Waals surface area contributed by atoms with Crippen LogP contribution in [-0.2, 0) is 0 Å². The van der Waals surface area contributed by atoms with Gasteiger partial charge in [0.15, 0.2) is 3.92 Å². The van der Waals surface area contributed by atoms with Crippen LogP contribution in [0.25, 0.3) is 0 Å². The lowest BCUT2D eigenvalue weighted by Gasteiger charge is -2.13. The fourth-order valence-electron chi connectivity index (χ4n) is 0.972. The summed E-state index contributed by atoms with van der Waals surface area (Å²) in [6.45, 7) is 2.27. The number of rotatable bonds is 5. The Bertz CT molecular complexity index is 256. The van der Waals surface area contributed by atoms with Crippen molar-refractivity contribution in [3.8, 4) is 0 Å². The zero-order chi connectivity index (χ0) is 9.68. The number of halogens is 1. The minimum absolute atomic E-state index is 0.200. The van der Waals surface area contributed by atoms with E-state index in [0.717, 1.165) is 21.9 Å². The molecule has 0 spiro atoms. The predicted molar refractivity (Wildman–Crippen MR) is 57.0 cm³/mol. The summed E-state index contributed by atoms with van der Waals surface area (Å²) in [4.78, 5) is 0. The second-order valence-electron chi connectivity index (χ2n) is 2.62. The van der Waals surface area contributed by atoms with Gasteiger partial charge in [-0.05, 0) is 28.8 Å². The smallest absolute Gasteiger partial charge is 0.206 e. The summed E-state index contributed by atoms with van der Waals surface area (Å²) in [6, 6.07) is 0.282. The van der Waals surface area contributed by atoms with Crippen LogP contribution >= 0.6 is 27.3 Å². The Morgan fingerprint density at radius 3 is 2.85 bits per heavy atom. The molecule has 1 rings (SSSR count). The van der Waals surface area contributed by atoms with Crippen molar-refractivity contribution in [2.75, 3.05) is 11.9 Å². The number of hydrogen-bond donors (Lipinski definition) is 2. The van der Waals surface area contributed by atoms with Gasteiger partial charge in [-0.15, -0.1) is 10.2 Å². The van der Waals surface area contributed by atoms with Crippen LogP contribution in [0.2, 0.25) is 0 Å². The average molecular weight is 266 g/mol. The van der Waals surface area contributed by atoms with E-state index >= 15 is 0 Å². The normalized spacial score (nSPS) is 12.8. The Kier molecular flexibility index (Phi) is 4.61. The quantitative estimate of drug-likeness (QED) is 0.854. The van der Waals surface area contributed by atoms with Gasteiger partial charge < -0.3 is 10.4 Å². The Hall–Kier alpha value is -0.200. The van der Waals surface area contributed by atoms with Crippen molar-refractivity contribution in [3.63, 3.8) is 0 Å². The van der Waals surface area contributed by atoms with Gasteiger partial charge in [-0.1, -0.05) is 18.3 Å². The summed E-state index contributed by atoms with van der Waals surface area (Å²) < 4.78 is 0.772. The third kappa shape index (κ3) is 3.58. The highest BCUT2D eigenvalue weighted by atomic mass is 79.9. The van der Waals surface area contributed by atoms with Gasteiger partial charge in [0.25, 0.3) is 0 Å². The molecular weight excluding hydrogens is 254 g/mol. The summed E-state index contributed by atoms with van der Waals surface area (Å²) in [5.41, 5.74) is 0. The van der Waals surface area contributed by atoms with Crippen LogP contribution in [0.15, 0.2) is 3.92 Å². The number of nitrogens with zero attached hydrogens (tertiary/aromatic N) is 2. The van der Waals surface area contributed by atoms with Gasteiger partial charge in [-0.3, -0.25) is 0 Å². The standard InChI is InChI=1S/C7H12BrN3OS/c1-2-5(3-4-12)9-7-11-10-6(8)13-7/h5,12H,2-4H2,1H3,(H,9,11). The SMILES string of the molecule is CCC(CCO)Nc1nnc(Br)s1. The number of aliphatic hydroxyl groups excluding tert-OH is 1. The van der Waals surface area contributed by atoms with Crippen molar-refractivity contribution < 1.29 is 5.11 Å². The molecule has 1 atom stereocenters. The molecule has 0 fully saturated rings. The topological polar surface area (TPSA) is 58.0 Å². The van der Waals surface area contributed by atoms with Crippen molar-refractivity contribution in [2.24, 2.45) is 0 Å². The summed E-state index contributed by atoms with van der Waals surface area (Å²) >= 11 is 4.70. The number of anilines is 1. The second-order valence-corrected chi connectivity index (χ2v) is 4.88. The minimum atomic E-state index is 0.200. The van der Waals surface area contributed by atoms with E-state index < -0.39 is 0 Å². The molecule has 0 saturated carbocycles. The van der Waals surface area contributed by atoms with Gasteiger partial charge in [-0.25, -0.2) is 0 Å². The van der Waals surface area contributed by atoms with E-state index in [1.165, 1.54) is 11.3 Å². The Morgan fingerprint density at radius 1 is 1.62 bits per heavy atom. The van der Waals surface area contributed by atoms with Gasteiger partial charge in [0.2, 0.25) is 5.13 Å². The molecule has 0 saturated heterocycles. The largest absolute Gasteiger partial charge is 0.396 e. The summed E-state index contributed by atoms with van der Waals surface area (Å²) in [6.07, 6.45) is 1.71. The fourth-order valence-corrected chi connectivity index (χ4v) is 2.06. The molecule has 2 N–H and O–H groups in total. The van der Waals surface area contributed by atoms with Crippen molar-refractivity contribution in [2.45, 2.75) is 25.8 Å².